The maximum Gasteiger partial charge on any atom is 0.405 e. The van der Waals surface area contributed by atoms with Crippen molar-refractivity contribution in [1.82, 2.24) is 15.2 Å². The third-order valence-electron chi connectivity index (χ3n) is 4.71. The highest BCUT2D eigenvalue weighted by Gasteiger charge is 2.30. The second kappa shape index (κ2) is 10.2. The number of nitrogens with zero attached hydrogens (tertiary/aromatic N) is 2. The van der Waals surface area contributed by atoms with Crippen LogP contribution in [0.3, 0.4) is 0 Å². The Bertz CT molecular complexity index is 861. The van der Waals surface area contributed by atoms with Crippen molar-refractivity contribution in [3.63, 3.8) is 0 Å². The van der Waals surface area contributed by atoms with E-state index in [0.717, 1.165) is 17.9 Å². The maximum absolute atomic E-state index is 13.0. The smallest absolute Gasteiger partial charge is 0.405 e. The molecule has 1 unspecified atom stereocenters. The second-order valence-corrected chi connectivity index (χ2v) is 8.92. The number of nitrogens with one attached hydrogen (secondary N) is 1. The minimum Gasteiger partial charge on any atom is -0.465 e. The van der Waals surface area contributed by atoms with Crippen molar-refractivity contribution in [2.24, 2.45) is 0 Å². The molecule has 1 aliphatic rings. The predicted molar refractivity (Wildman–Crippen MR) is 115 cm³/mol. The van der Waals surface area contributed by atoms with Gasteiger partial charge in [-0.05, 0) is 42.7 Å². The van der Waals surface area contributed by atoms with Crippen molar-refractivity contribution in [2.45, 2.75) is 35.6 Å². The maximum atomic E-state index is 13.0. The number of rotatable bonds is 6. The number of halogens is 2. The summed E-state index contributed by atoms with van der Waals surface area (Å²) in [4.78, 5) is 30.3. The van der Waals surface area contributed by atoms with Crippen molar-refractivity contribution in [1.29, 1.82) is 0 Å². The van der Waals surface area contributed by atoms with E-state index in [4.69, 9.17) is 23.2 Å². The van der Waals surface area contributed by atoms with E-state index in [-0.39, 0.29) is 12.3 Å². The van der Waals surface area contributed by atoms with E-state index in [0.29, 0.717) is 33.9 Å². The summed E-state index contributed by atoms with van der Waals surface area (Å²) in [6.45, 7) is 1.16. The van der Waals surface area contributed by atoms with Gasteiger partial charge in [0.25, 0.3) is 0 Å². The van der Waals surface area contributed by atoms with Crippen LogP contribution in [0.5, 0.6) is 0 Å². The summed E-state index contributed by atoms with van der Waals surface area (Å²) in [6.07, 6.45) is 2.35. The number of hydrogen-bond donors (Lipinski definition) is 2. The molecule has 0 radical (unpaired) electrons. The van der Waals surface area contributed by atoms with Crippen molar-refractivity contribution in [3.05, 3.63) is 58.2 Å². The molecule has 1 fully saturated rings. The molecular formula is C20H21Cl2N3O3S. The minimum absolute atomic E-state index is 0.170. The van der Waals surface area contributed by atoms with Gasteiger partial charge in [0, 0.05) is 41.0 Å². The molecule has 2 N–H and O–H groups in total. The number of likely N-dealkylation sites (tertiary alicyclic amines) is 1. The Kier molecular flexibility index (Phi) is 7.64. The zero-order valence-electron chi connectivity index (χ0n) is 15.6. The van der Waals surface area contributed by atoms with Gasteiger partial charge in [0.15, 0.2) is 0 Å². The van der Waals surface area contributed by atoms with Gasteiger partial charge in [-0.15, -0.1) is 11.8 Å². The summed E-state index contributed by atoms with van der Waals surface area (Å²) in [5.41, 5.74) is 0.670. The SMILES string of the molecule is O=C(O)NC(Cc1ccc(Cl)cc1Cl)C(=O)N1CCC(Sc2ccccn2)CC1. The number of piperidine rings is 1. The van der Waals surface area contributed by atoms with Crippen LogP contribution in [0.2, 0.25) is 10.0 Å². The average Bonchev–Trinajstić information content (AvgIpc) is 2.70. The van der Waals surface area contributed by atoms with Crippen LogP contribution in [0.4, 0.5) is 4.79 Å². The number of pyridine rings is 1. The molecule has 0 bridgehead atoms. The second-order valence-electron chi connectivity index (χ2n) is 6.75. The van der Waals surface area contributed by atoms with Crippen LogP contribution in [-0.2, 0) is 11.2 Å². The van der Waals surface area contributed by atoms with Gasteiger partial charge < -0.3 is 15.3 Å². The molecule has 0 aliphatic carbocycles. The fourth-order valence-corrected chi connectivity index (χ4v) is 4.81. The Morgan fingerprint density at radius 1 is 1.24 bits per heavy atom. The quantitative estimate of drug-likeness (QED) is 0.678. The van der Waals surface area contributed by atoms with Crippen LogP contribution >= 0.6 is 35.0 Å². The van der Waals surface area contributed by atoms with Crippen LogP contribution in [0.25, 0.3) is 0 Å². The molecular weight excluding hydrogens is 433 g/mol. The number of carbonyl (C=O) groups excluding carboxylic acids is 1. The summed E-state index contributed by atoms with van der Waals surface area (Å²) in [7, 11) is 0. The fraction of sp³-hybridized carbons (Fsp3) is 0.350. The highest BCUT2D eigenvalue weighted by molar-refractivity contribution is 7.99. The lowest BCUT2D eigenvalue weighted by molar-refractivity contribution is -0.134. The molecule has 29 heavy (non-hydrogen) atoms. The summed E-state index contributed by atoms with van der Waals surface area (Å²) in [5.74, 6) is -0.236. The van der Waals surface area contributed by atoms with Crippen LogP contribution in [0.1, 0.15) is 18.4 Å². The molecule has 2 aromatic rings. The Hall–Kier alpha value is -1.96. The van der Waals surface area contributed by atoms with E-state index in [1.807, 2.05) is 18.2 Å². The molecule has 9 heteroatoms. The summed E-state index contributed by atoms with van der Waals surface area (Å²) < 4.78 is 0. The third kappa shape index (κ3) is 6.26. The zero-order chi connectivity index (χ0) is 20.8. The first-order chi connectivity index (χ1) is 13.9. The zero-order valence-corrected chi connectivity index (χ0v) is 17.9. The van der Waals surface area contributed by atoms with Gasteiger partial charge in [-0.1, -0.05) is 35.3 Å². The Balaban J connectivity index is 1.61. The molecule has 154 valence electrons. The number of amides is 2. The highest BCUT2D eigenvalue weighted by Crippen LogP contribution is 2.29. The average molecular weight is 454 g/mol. The first kappa shape index (κ1) is 21.7. The van der Waals surface area contributed by atoms with Gasteiger partial charge in [-0.2, -0.15) is 0 Å². The number of carboxylic acid groups (broad SMARTS) is 1. The van der Waals surface area contributed by atoms with Gasteiger partial charge in [0.05, 0.1) is 5.03 Å². The Morgan fingerprint density at radius 2 is 2.00 bits per heavy atom. The molecule has 1 atom stereocenters. The number of hydrogen-bond acceptors (Lipinski definition) is 4. The summed E-state index contributed by atoms with van der Waals surface area (Å²) in [6, 6.07) is 9.89. The van der Waals surface area contributed by atoms with Gasteiger partial charge in [0.2, 0.25) is 5.91 Å². The lowest BCUT2D eigenvalue weighted by atomic mass is 10.0. The van der Waals surface area contributed by atoms with Crippen LogP contribution in [-0.4, -0.2) is 51.4 Å². The normalized spacial score (nSPS) is 15.7. The highest BCUT2D eigenvalue weighted by atomic mass is 35.5. The van der Waals surface area contributed by atoms with Crippen LogP contribution in [0.15, 0.2) is 47.6 Å². The largest absolute Gasteiger partial charge is 0.465 e. The van der Waals surface area contributed by atoms with E-state index >= 15 is 0 Å². The lowest BCUT2D eigenvalue weighted by Crippen LogP contribution is -2.51. The molecule has 1 aromatic carbocycles. The number of carbonyl (C=O) groups is 2. The number of thioether (sulfide) groups is 1. The molecule has 0 spiro atoms. The third-order valence-corrected chi connectivity index (χ3v) is 6.59. The van der Waals surface area contributed by atoms with E-state index in [2.05, 4.69) is 10.3 Å². The van der Waals surface area contributed by atoms with Crippen LogP contribution in [0, 0.1) is 0 Å². The fourth-order valence-electron chi connectivity index (χ4n) is 3.26. The van der Waals surface area contributed by atoms with E-state index in [9.17, 15) is 14.7 Å². The van der Waals surface area contributed by atoms with Gasteiger partial charge in [-0.3, -0.25) is 4.79 Å². The first-order valence-electron chi connectivity index (χ1n) is 9.22. The van der Waals surface area contributed by atoms with Crippen LogP contribution < -0.4 is 5.32 Å². The lowest BCUT2D eigenvalue weighted by Gasteiger charge is -2.34. The van der Waals surface area contributed by atoms with Crippen molar-refractivity contribution in [2.75, 3.05) is 13.1 Å². The van der Waals surface area contributed by atoms with Crippen molar-refractivity contribution < 1.29 is 14.7 Å². The van der Waals surface area contributed by atoms with Crippen molar-refractivity contribution in [3.8, 4) is 0 Å². The molecule has 1 saturated heterocycles. The summed E-state index contributed by atoms with van der Waals surface area (Å²) in [5, 5.41) is 13.8. The number of aromatic nitrogens is 1. The molecule has 2 amide bonds. The van der Waals surface area contributed by atoms with E-state index in [1.54, 1.807) is 41.1 Å². The Labute approximate surface area is 183 Å². The monoisotopic (exact) mass is 453 g/mol. The predicted octanol–water partition coefficient (Wildman–Crippen LogP) is 4.35. The number of benzene rings is 1. The molecule has 0 saturated carbocycles. The topological polar surface area (TPSA) is 82.5 Å². The molecule has 1 aliphatic heterocycles. The molecule has 6 nitrogen and oxygen atoms in total. The Morgan fingerprint density at radius 3 is 2.62 bits per heavy atom. The minimum atomic E-state index is -1.24. The molecule has 2 heterocycles. The van der Waals surface area contributed by atoms with E-state index < -0.39 is 12.1 Å². The standard InChI is InChI=1S/C20H21Cl2N3O3S/c21-14-5-4-13(16(22)12-14)11-17(24-20(27)28)19(26)25-9-6-15(7-10-25)29-18-3-1-2-8-23-18/h1-5,8,12,15,17,24H,6-7,9-11H2,(H,27,28). The van der Waals surface area contributed by atoms with Gasteiger partial charge in [0.1, 0.15) is 6.04 Å². The van der Waals surface area contributed by atoms with Gasteiger partial charge >= 0.3 is 6.09 Å². The molecule has 1 aromatic heterocycles. The molecule has 3 rings (SSSR count). The van der Waals surface area contributed by atoms with Gasteiger partial charge in [-0.25, -0.2) is 9.78 Å². The van der Waals surface area contributed by atoms with Crippen molar-refractivity contribution >= 4 is 47.0 Å². The van der Waals surface area contributed by atoms with E-state index in [1.165, 1.54) is 0 Å². The summed E-state index contributed by atoms with van der Waals surface area (Å²) >= 11 is 13.8. The first-order valence-corrected chi connectivity index (χ1v) is 10.9.